The molecule has 0 bridgehead atoms. The van der Waals surface area contributed by atoms with Gasteiger partial charge >= 0.3 is 0 Å². The Morgan fingerprint density at radius 1 is 1.37 bits per heavy atom. The smallest absolute Gasteiger partial charge is 0.257 e. The average molecular weight is 375 g/mol. The number of phenolic OH excluding ortho intramolecular Hbond substituents is 1. The molecule has 1 atom stereocenters. The van der Waals surface area contributed by atoms with Crippen LogP contribution in [0.2, 0.25) is 0 Å². The number of carbonyl (C=O) groups excluding carboxylic acids is 1. The van der Waals surface area contributed by atoms with Crippen molar-refractivity contribution in [2.75, 3.05) is 13.1 Å². The molecule has 1 aliphatic rings. The molecule has 1 aromatic carbocycles. The summed E-state index contributed by atoms with van der Waals surface area (Å²) < 4.78 is 0.917. The van der Waals surface area contributed by atoms with E-state index in [0.717, 1.165) is 9.99 Å². The molecule has 0 spiro atoms. The Labute approximate surface area is 126 Å². The number of hydrogen-bond acceptors (Lipinski definition) is 3. The highest BCUT2D eigenvalue weighted by Gasteiger charge is 2.28. The highest BCUT2D eigenvalue weighted by Crippen LogP contribution is 2.25. The lowest BCUT2D eigenvalue weighted by Crippen LogP contribution is -2.33. The molecule has 1 saturated heterocycles. The summed E-state index contributed by atoms with van der Waals surface area (Å²) in [6.45, 7) is 2.96. The van der Waals surface area contributed by atoms with Crippen LogP contribution in [-0.4, -0.2) is 39.7 Å². The summed E-state index contributed by atoms with van der Waals surface area (Å²) in [5, 5.41) is 19.8. The topological polar surface area (TPSA) is 60.8 Å². The van der Waals surface area contributed by atoms with Gasteiger partial charge in [-0.1, -0.05) is 0 Å². The lowest BCUT2D eigenvalue weighted by Gasteiger charge is -2.23. The van der Waals surface area contributed by atoms with Crippen LogP contribution in [0.3, 0.4) is 0 Å². The molecule has 1 unspecified atom stereocenters. The molecule has 2 rings (SSSR count). The Morgan fingerprint density at radius 3 is 2.84 bits per heavy atom. The maximum atomic E-state index is 12.4. The number of likely N-dealkylation sites (tertiary alicyclic amines) is 1. The zero-order chi connectivity index (χ0) is 14.0. The van der Waals surface area contributed by atoms with Gasteiger partial charge in [0.1, 0.15) is 5.75 Å². The molecule has 0 radical (unpaired) electrons. The van der Waals surface area contributed by atoms with E-state index in [-0.39, 0.29) is 11.7 Å². The molecule has 104 valence electrons. The van der Waals surface area contributed by atoms with E-state index in [4.69, 9.17) is 0 Å². The zero-order valence-electron chi connectivity index (χ0n) is 10.9. The number of carbonyl (C=O) groups is 1. The van der Waals surface area contributed by atoms with E-state index < -0.39 is 5.60 Å². The van der Waals surface area contributed by atoms with Crippen LogP contribution >= 0.6 is 22.6 Å². The first-order chi connectivity index (χ1) is 8.89. The number of nitrogens with zero attached hydrogens (tertiary/aromatic N) is 1. The van der Waals surface area contributed by atoms with Crippen LogP contribution < -0.4 is 0 Å². The van der Waals surface area contributed by atoms with Crippen molar-refractivity contribution in [2.24, 2.45) is 0 Å². The summed E-state index contributed by atoms with van der Waals surface area (Å²) in [6, 6.07) is 5.00. The molecule has 1 amide bonds. The van der Waals surface area contributed by atoms with Crippen LogP contribution in [0.4, 0.5) is 0 Å². The number of benzene rings is 1. The fraction of sp³-hybridized carbons (Fsp3) is 0.500. The Hall–Kier alpha value is -0.820. The second-order valence-corrected chi connectivity index (χ2v) is 6.55. The van der Waals surface area contributed by atoms with E-state index in [2.05, 4.69) is 22.6 Å². The zero-order valence-corrected chi connectivity index (χ0v) is 13.1. The van der Waals surface area contributed by atoms with Crippen molar-refractivity contribution in [3.63, 3.8) is 0 Å². The largest absolute Gasteiger partial charge is 0.507 e. The van der Waals surface area contributed by atoms with Gasteiger partial charge < -0.3 is 15.1 Å². The predicted octanol–water partition coefficient (Wildman–Crippen LogP) is 2.37. The highest BCUT2D eigenvalue weighted by atomic mass is 127. The second kappa shape index (κ2) is 5.66. The van der Waals surface area contributed by atoms with E-state index in [1.54, 1.807) is 23.1 Å². The fourth-order valence-electron chi connectivity index (χ4n) is 2.32. The first kappa shape index (κ1) is 14.6. The molecule has 0 aromatic heterocycles. The minimum absolute atomic E-state index is 0.0152. The average Bonchev–Trinajstić information content (AvgIpc) is 2.52. The molecule has 0 saturated carbocycles. The van der Waals surface area contributed by atoms with Crippen molar-refractivity contribution < 1.29 is 15.0 Å². The Balaban J connectivity index is 2.17. The third kappa shape index (κ3) is 3.60. The van der Waals surface area contributed by atoms with Gasteiger partial charge in [0.15, 0.2) is 0 Å². The van der Waals surface area contributed by atoms with Crippen molar-refractivity contribution in [3.05, 3.63) is 27.3 Å². The summed E-state index contributed by atoms with van der Waals surface area (Å²) in [7, 11) is 0. The summed E-state index contributed by atoms with van der Waals surface area (Å²) in [4.78, 5) is 14.1. The molecule has 0 aliphatic carbocycles. The predicted molar refractivity (Wildman–Crippen MR) is 81.2 cm³/mol. The van der Waals surface area contributed by atoms with Crippen LogP contribution in [0.1, 0.15) is 36.5 Å². The number of amides is 1. The SMILES string of the molecule is CC1(O)CCCN(C(=O)c2cc(I)ccc2O)CC1. The van der Waals surface area contributed by atoms with Crippen LogP contribution in [0, 0.1) is 3.57 Å². The van der Waals surface area contributed by atoms with Crippen LogP contribution in [-0.2, 0) is 0 Å². The summed E-state index contributed by atoms with van der Waals surface area (Å²) >= 11 is 2.12. The van der Waals surface area contributed by atoms with Crippen molar-refractivity contribution in [1.29, 1.82) is 0 Å². The molecule has 5 heteroatoms. The third-order valence-electron chi connectivity index (χ3n) is 3.54. The summed E-state index contributed by atoms with van der Waals surface area (Å²) in [5.41, 5.74) is -0.351. The van der Waals surface area contributed by atoms with Gasteiger partial charge in [-0.25, -0.2) is 0 Å². The molecule has 1 aromatic rings. The molecular weight excluding hydrogens is 357 g/mol. The van der Waals surface area contributed by atoms with Crippen LogP contribution in [0.5, 0.6) is 5.75 Å². The van der Waals surface area contributed by atoms with Gasteiger partial charge in [0.25, 0.3) is 5.91 Å². The number of aromatic hydroxyl groups is 1. The molecule has 1 fully saturated rings. The van der Waals surface area contributed by atoms with Gasteiger partial charge in [0, 0.05) is 16.7 Å². The minimum atomic E-state index is -0.692. The number of phenols is 1. The quantitative estimate of drug-likeness (QED) is 0.741. The van der Waals surface area contributed by atoms with Crippen molar-refractivity contribution in [3.8, 4) is 5.75 Å². The van der Waals surface area contributed by atoms with Gasteiger partial charge in [-0.2, -0.15) is 0 Å². The van der Waals surface area contributed by atoms with Crippen LogP contribution in [0.25, 0.3) is 0 Å². The Kier molecular flexibility index (Phi) is 4.35. The Bertz CT molecular complexity index is 488. The van der Waals surface area contributed by atoms with E-state index in [1.165, 1.54) is 0 Å². The fourth-order valence-corrected chi connectivity index (χ4v) is 2.81. The Morgan fingerprint density at radius 2 is 2.11 bits per heavy atom. The van der Waals surface area contributed by atoms with Crippen molar-refractivity contribution in [2.45, 2.75) is 31.8 Å². The van der Waals surface area contributed by atoms with Gasteiger partial charge in [-0.15, -0.1) is 0 Å². The number of hydrogen-bond donors (Lipinski definition) is 2. The van der Waals surface area contributed by atoms with Crippen molar-refractivity contribution in [1.82, 2.24) is 4.90 Å². The first-order valence-electron chi connectivity index (χ1n) is 6.39. The van der Waals surface area contributed by atoms with Gasteiger partial charge in [-0.05, 0) is 67.0 Å². The standard InChI is InChI=1S/C14H18INO3/c1-14(19)5-2-7-16(8-6-14)13(18)11-9-10(15)3-4-12(11)17/h3-4,9,17,19H,2,5-8H2,1H3. The van der Waals surface area contributed by atoms with E-state index in [1.807, 2.05) is 6.92 Å². The maximum Gasteiger partial charge on any atom is 0.257 e. The maximum absolute atomic E-state index is 12.4. The second-order valence-electron chi connectivity index (χ2n) is 5.30. The molecule has 1 aliphatic heterocycles. The first-order valence-corrected chi connectivity index (χ1v) is 7.47. The van der Waals surface area contributed by atoms with E-state index >= 15 is 0 Å². The van der Waals surface area contributed by atoms with E-state index in [0.29, 0.717) is 31.5 Å². The van der Waals surface area contributed by atoms with E-state index in [9.17, 15) is 15.0 Å². The van der Waals surface area contributed by atoms with Gasteiger partial charge in [0.2, 0.25) is 0 Å². The molecular formula is C14H18INO3. The lowest BCUT2D eigenvalue weighted by molar-refractivity contribution is 0.0437. The number of halogens is 1. The summed E-state index contributed by atoms with van der Waals surface area (Å²) in [6.07, 6.45) is 2.06. The molecule has 1 heterocycles. The minimum Gasteiger partial charge on any atom is -0.507 e. The van der Waals surface area contributed by atoms with Crippen molar-refractivity contribution >= 4 is 28.5 Å². The molecule has 2 N–H and O–H groups in total. The van der Waals surface area contributed by atoms with Gasteiger partial charge in [-0.3, -0.25) is 4.79 Å². The van der Waals surface area contributed by atoms with Gasteiger partial charge in [0.05, 0.1) is 11.2 Å². The number of aliphatic hydroxyl groups is 1. The molecule has 19 heavy (non-hydrogen) atoms. The third-order valence-corrected chi connectivity index (χ3v) is 4.21. The normalized spacial score (nSPS) is 24.1. The monoisotopic (exact) mass is 375 g/mol. The molecule has 4 nitrogen and oxygen atoms in total. The van der Waals surface area contributed by atoms with Crippen LogP contribution in [0.15, 0.2) is 18.2 Å². The lowest BCUT2D eigenvalue weighted by atomic mass is 9.98. The number of rotatable bonds is 1. The summed E-state index contributed by atoms with van der Waals surface area (Å²) in [5.74, 6) is -0.143. The highest BCUT2D eigenvalue weighted by molar-refractivity contribution is 14.1.